The number of fused-ring (bicyclic) bond motifs is 1. The van der Waals surface area contributed by atoms with Crippen LogP contribution in [-0.2, 0) is 19.1 Å². The third-order valence-electron chi connectivity index (χ3n) is 9.72. The van der Waals surface area contributed by atoms with Gasteiger partial charge in [-0.25, -0.2) is 4.39 Å². The van der Waals surface area contributed by atoms with Crippen molar-refractivity contribution < 1.29 is 23.5 Å². The SMILES string of the molecule is CC(C)C[C@H]1NC(=O)C2(C/C=C\C[C@H]3COCC[C@H]3NC1=O)CCN(CC(=O)N1CCN(c3ccc(F)cc3)CC1)CC2. The van der Waals surface area contributed by atoms with Crippen LogP contribution in [0.15, 0.2) is 36.4 Å². The Kier molecular flexibility index (Phi) is 10.4. The van der Waals surface area contributed by atoms with Crippen LogP contribution in [-0.4, -0.2) is 98.6 Å². The van der Waals surface area contributed by atoms with Crippen LogP contribution in [0, 0.1) is 23.1 Å². The fourth-order valence-corrected chi connectivity index (χ4v) is 6.92. The van der Waals surface area contributed by atoms with Gasteiger partial charge in [0.1, 0.15) is 11.9 Å². The first kappa shape index (κ1) is 31.4. The Morgan fingerprint density at radius 2 is 1.74 bits per heavy atom. The van der Waals surface area contributed by atoms with Crippen LogP contribution in [0.2, 0.25) is 0 Å². The van der Waals surface area contributed by atoms with Crippen LogP contribution < -0.4 is 15.5 Å². The number of carbonyl (C=O) groups is 3. The summed E-state index contributed by atoms with van der Waals surface area (Å²) in [6, 6.07) is 5.98. The topological polar surface area (TPSA) is 94.2 Å². The third kappa shape index (κ3) is 7.95. The van der Waals surface area contributed by atoms with Crippen molar-refractivity contribution in [3.8, 4) is 0 Å². The van der Waals surface area contributed by atoms with Gasteiger partial charge in [-0.1, -0.05) is 26.0 Å². The predicted octanol–water partition coefficient (Wildman–Crippen LogP) is 2.96. The molecule has 43 heavy (non-hydrogen) atoms. The molecule has 4 aliphatic rings. The molecule has 2 N–H and O–H groups in total. The molecule has 4 aliphatic heterocycles. The largest absolute Gasteiger partial charge is 0.381 e. The molecule has 1 aromatic rings. The minimum absolute atomic E-state index is 0.0510. The zero-order valence-corrected chi connectivity index (χ0v) is 25.7. The van der Waals surface area contributed by atoms with Crippen LogP contribution in [0.1, 0.15) is 52.4 Å². The molecule has 3 fully saturated rings. The molecule has 3 atom stereocenters. The summed E-state index contributed by atoms with van der Waals surface area (Å²) in [4.78, 5) is 46.8. The number of piperidine rings is 1. The van der Waals surface area contributed by atoms with Crippen molar-refractivity contribution in [1.82, 2.24) is 20.4 Å². The van der Waals surface area contributed by atoms with E-state index < -0.39 is 11.5 Å². The monoisotopic (exact) mass is 597 g/mol. The molecule has 0 radical (unpaired) electrons. The van der Waals surface area contributed by atoms with Gasteiger partial charge in [0.15, 0.2) is 0 Å². The number of carbonyl (C=O) groups excluding carboxylic acids is 3. The van der Waals surface area contributed by atoms with E-state index in [0.29, 0.717) is 84.7 Å². The Morgan fingerprint density at radius 1 is 1.02 bits per heavy atom. The van der Waals surface area contributed by atoms with Gasteiger partial charge < -0.3 is 25.2 Å². The molecule has 4 heterocycles. The number of ether oxygens (including phenoxy) is 1. The molecule has 0 aliphatic carbocycles. The molecule has 3 saturated heterocycles. The molecule has 10 heteroatoms. The van der Waals surface area contributed by atoms with E-state index in [1.54, 1.807) is 12.1 Å². The van der Waals surface area contributed by atoms with Gasteiger partial charge in [0.25, 0.3) is 0 Å². The molecule has 0 bridgehead atoms. The van der Waals surface area contributed by atoms with E-state index in [9.17, 15) is 18.8 Å². The van der Waals surface area contributed by atoms with Crippen molar-refractivity contribution in [2.75, 3.05) is 63.9 Å². The molecular formula is C33H48FN5O4. The van der Waals surface area contributed by atoms with Crippen molar-refractivity contribution in [3.63, 3.8) is 0 Å². The van der Waals surface area contributed by atoms with E-state index in [2.05, 4.69) is 46.4 Å². The van der Waals surface area contributed by atoms with Crippen molar-refractivity contribution in [2.45, 2.75) is 64.5 Å². The number of nitrogens with zero attached hydrogens (tertiary/aromatic N) is 3. The Hall–Kier alpha value is -2.98. The number of likely N-dealkylation sites (tertiary alicyclic amines) is 1. The highest BCUT2D eigenvalue weighted by molar-refractivity contribution is 5.90. The lowest BCUT2D eigenvalue weighted by atomic mass is 9.74. The van der Waals surface area contributed by atoms with E-state index in [1.165, 1.54) is 12.1 Å². The Balaban J connectivity index is 1.19. The van der Waals surface area contributed by atoms with Crippen molar-refractivity contribution >= 4 is 23.4 Å². The lowest BCUT2D eigenvalue weighted by Gasteiger charge is -2.42. The smallest absolute Gasteiger partial charge is 0.242 e. The number of hydrogen-bond donors (Lipinski definition) is 2. The lowest BCUT2D eigenvalue weighted by Crippen LogP contribution is -2.57. The fraction of sp³-hybridized carbons (Fsp3) is 0.667. The summed E-state index contributed by atoms with van der Waals surface area (Å²) >= 11 is 0. The number of amides is 3. The fourth-order valence-electron chi connectivity index (χ4n) is 6.92. The molecule has 1 spiro atoms. The van der Waals surface area contributed by atoms with E-state index >= 15 is 0 Å². The average Bonchev–Trinajstić information content (AvgIpc) is 3.00. The van der Waals surface area contributed by atoms with E-state index in [1.807, 2.05) is 4.90 Å². The average molecular weight is 598 g/mol. The van der Waals surface area contributed by atoms with E-state index in [-0.39, 0.29) is 41.4 Å². The number of allylic oxidation sites excluding steroid dienone is 2. The van der Waals surface area contributed by atoms with Gasteiger partial charge in [-0.05, 0) is 81.8 Å². The van der Waals surface area contributed by atoms with Crippen LogP contribution in [0.3, 0.4) is 0 Å². The summed E-state index contributed by atoms with van der Waals surface area (Å²) in [5, 5.41) is 6.41. The molecular weight excluding hydrogens is 549 g/mol. The molecule has 9 nitrogen and oxygen atoms in total. The Morgan fingerprint density at radius 3 is 2.44 bits per heavy atom. The first-order valence-corrected chi connectivity index (χ1v) is 16.1. The zero-order valence-electron chi connectivity index (χ0n) is 25.7. The number of hydrogen-bond acceptors (Lipinski definition) is 6. The van der Waals surface area contributed by atoms with Crippen molar-refractivity contribution in [2.24, 2.45) is 17.3 Å². The molecule has 0 saturated carbocycles. The van der Waals surface area contributed by atoms with Crippen LogP contribution in [0.25, 0.3) is 0 Å². The number of halogens is 1. The summed E-state index contributed by atoms with van der Waals surface area (Å²) < 4.78 is 19.0. The number of piperazine rings is 1. The van der Waals surface area contributed by atoms with Crippen LogP contribution in [0.5, 0.6) is 0 Å². The summed E-state index contributed by atoms with van der Waals surface area (Å²) in [5.41, 5.74) is 0.368. The second-order valence-electron chi connectivity index (χ2n) is 13.2. The van der Waals surface area contributed by atoms with Crippen molar-refractivity contribution in [1.29, 1.82) is 0 Å². The summed E-state index contributed by atoms with van der Waals surface area (Å²) in [6.07, 6.45) is 8.39. The van der Waals surface area contributed by atoms with Gasteiger partial charge in [-0.3, -0.25) is 19.3 Å². The molecule has 3 amide bonds. The molecule has 236 valence electrons. The normalized spacial score (nSPS) is 28.0. The maximum absolute atomic E-state index is 13.9. The molecule has 1 aromatic carbocycles. The van der Waals surface area contributed by atoms with Gasteiger partial charge in [0.2, 0.25) is 17.7 Å². The van der Waals surface area contributed by atoms with Gasteiger partial charge in [0.05, 0.1) is 18.6 Å². The first-order valence-electron chi connectivity index (χ1n) is 16.1. The van der Waals surface area contributed by atoms with E-state index in [4.69, 9.17) is 4.74 Å². The van der Waals surface area contributed by atoms with Crippen molar-refractivity contribution in [3.05, 3.63) is 42.2 Å². The Labute approximate surface area is 255 Å². The highest BCUT2D eigenvalue weighted by atomic mass is 19.1. The second-order valence-corrected chi connectivity index (χ2v) is 13.2. The Bertz CT molecular complexity index is 1140. The van der Waals surface area contributed by atoms with Crippen LogP contribution in [0.4, 0.5) is 10.1 Å². The standard InChI is InChI=1S/C33H48FN5O4/c1-24(2)21-29-31(41)35-28-10-20-43-23-25(28)5-3-4-11-33(32(42)36-29)12-14-37(15-13-33)22-30(40)39-18-16-38(17-19-39)27-8-6-26(34)7-9-27/h3-4,6-9,24-25,28-29H,5,10-23H2,1-2H3,(H,35,41)(H,36,42)/b4-3-/t25-,28+,29+/m0/s1. The first-order chi connectivity index (χ1) is 20.7. The predicted molar refractivity (Wildman–Crippen MR) is 164 cm³/mol. The molecule has 0 unspecified atom stereocenters. The number of anilines is 1. The second kappa shape index (κ2) is 14.2. The minimum Gasteiger partial charge on any atom is -0.381 e. The number of benzene rings is 1. The molecule has 0 aromatic heterocycles. The molecule has 5 rings (SSSR count). The summed E-state index contributed by atoms with van der Waals surface area (Å²) in [5.74, 6) is 0.196. The third-order valence-corrected chi connectivity index (χ3v) is 9.72. The minimum atomic E-state index is -0.603. The quantitative estimate of drug-likeness (QED) is 0.507. The van der Waals surface area contributed by atoms with Gasteiger partial charge in [-0.15, -0.1) is 0 Å². The van der Waals surface area contributed by atoms with Crippen LogP contribution >= 0.6 is 0 Å². The van der Waals surface area contributed by atoms with Gasteiger partial charge in [-0.2, -0.15) is 0 Å². The highest BCUT2D eigenvalue weighted by Gasteiger charge is 2.43. The number of rotatable bonds is 5. The summed E-state index contributed by atoms with van der Waals surface area (Å²) in [7, 11) is 0. The van der Waals surface area contributed by atoms with Gasteiger partial charge >= 0.3 is 0 Å². The maximum Gasteiger partial charge on any atom is 0.242 e. The maximum atomic E-state index is 13.9. The van der Waals surface area contributed by atoms with E-state index in [0.717, 1.165) is 18.5 Å². The number of nitrogens with one attached hydrogen (secondary N) is 2. The highest BCUT2D eigenvalue weighted by Crippen LogP contribution is 2.37. The summed E-state index contributed by atoms with van der Waals surface area (Å²) in [6.45, 7) is 9.76. The van der Waals surface area contributed by atoms with Gasteiger partial charge in [0, 0.05) is 50.4 Å². The zero-order chi connectivity index (χ0) is 30.4. The lowest BCUT2D eigenvalue weighted by molar-refractivity contribution is -0.139.